The summed E-state index contributed by atoms with van der Waals surface area (Å²) < 4.78 is 30.7. The van der Waals surface area contributed by atoms with E-state index in [1.807, 2.05) is 4.57 Å². The predicted molar refractivity (Wildman–Crippen MR) is 85.1 cm³/mol. The van der Waals surface area contributed by atoms with E-state index in [1.54, 1.807) is 0 Å². The van der Waals surface area contributed by atoms with Gasteiger partial charge in [-0.1, -0.05) is 0 Å². The van der Waals surface area contributed by atoms with E-state index in [4.69, 9.17) is 14.2 Å². The van der Waals surface area contributed by atoms with Crippen LogP contribution < -0.4 is 10.2 Å². The normalized spacial score (nSPS) is 14.0. The number of methoxy groups -OCH3 is 2. The van der Waals surface area contributed by atoms with Crippen LogP contribution in [0.5, 0.6) is 5.75 Å². The third kappa shape index (κ3) is 2.99. The molecule has 1 heterocycles. The van der Waals surface area contributed by atoms with Crippen molar-refractivity contribution in [1.82, 2.24) is 4.57 Å². The Bertz CT molecular complexity index is 841. The molecule has 0 bridgehead atoms. The molecule has 1 fully saturated rings. The molecule has 0 aliphatic heterocycles. The fourth-order valence-electron chi connectivity index (χ4n) is 2.60. The van der Waals surface area contributed by atoms with Crippen LogP contribution in [-0.4, -0.2) is 38.0 Å². The number of hydrogen-bond acceptors (Lipinski definition) is 5. The van der Waals surface area contributed by atoms with E-state index in [0.29, 0.717) is 5.52 Å². The van der Waals surface area contributed by atoms with Crippen LogP contribution in [0.1, 0.15) is 29.2 Å². The van der Waals surface area contributed by atoms with Crippen LogP contribution in [0.4, 0.5) is 4.39 Å². The number of carbonyl (C=O) groups is 1. The molecule has 0 saturated heterocycles. The van der Waals surface area contributed by atoms with E-state index in [-0.39, 0.29) is 36.0 Å². The van der Waals surface area contributed by atoms with E-state index in [0.717, 1.165) is 18.9 Å². The van der Waals surface area contributed by atoms with Crippen molar-refractivity contribution in [3.8, 4) is 5.75 Å². The highest BCUT2D eigenvalue weighted by molar-refractivity contribution is 5.94. The second-order valence-corrected chi connectivity index (χ2v) is 5.64. The quantitative estimate of drug-likeness (QED) is 0.598. The van der Waals surface area contributed by atoms with Gasteiger partial charge in [0.25, 0.3) is 0 Å². The van der Waals surface area contributed by atoms with Crippen molar-refractivity contribution in [1.29, 1.82) is 0 Å². The number of ether oxygens (including phenoxy) is 3. The number of esters is 1. The van der Waals surface area contributed by atoms with Crippen molar-refractivity contribution in [3.05, 3.63) is 39.9 Å². The van der Waals surface area contributed by atoms with E-state index < -0.39 is 17.2 Å². The Labute approximate surface area is 137 Å². The van der Waals surface area contributed by atoms with Crippen LogP contribution in [0.3, 0.4) is 0 Å². The largest absolute Gasteiger partial charge is 0.494 e. The number of rotatable bonds is 6. The minimum absolute atomic E-state index is 0.0488. The minimum atomic E-state index is -0.732. The molecule has 24 heavy (non-hydrogen) atoms. The van der Waals surface area contributed by atoms with Gasteiger partial charge in [0.2, 0.25) is 5.43 Å². The molecule has 0 N–H and O–H groups in total. The highest BCUT2D eigenvalue weighted by atomic mass is 19.1. The molecule has 7 heteroatoms. The summed E-state index contributed by atoms with van der Waals surface area (Å²) in [5.74, 6) is -1.31. The molecule has 1 aromatic carbocycles. The maximum Gasteiger partial charge on any atom is 0.343 e. The van der Waals surface area contributed by atoms with Crippen LogP contribution in [-0.2, 0) is 9.47 Å². The van der Waals surface area contributed by atoms with E-state index in [2.05, 4.69) is 0 Å². The zero-order valence-corrected chi connectivity index (χ0v) is 13.5. The smallest absolute Gasteiger partial charge is 0.343 e. The summed E-state index contributed by atoms with van der Waals surface area (Å²) in [6, 6.07) is 2.79. The molecule has 0 amide bonds. The summed E-state index contributed by atoms with van der Waals surface area (Å²) >= 11 is 0. The first-order chi connectivity index (χ1) is 11.6. The standard InChI is InChI=1S/C17H18FNO5/c1-22-5-6-24-17(21)12-9-19(10-3-4-10)14-8-15(23-2)13(18)7-11(14)16(12)20/h7-10H,3-6H2,1-2H3. The molecule has 3 rings (SSSR count). The molecule has 1 aromatic heterocycles. The second kappa shape index (κ2) is 6.60. The van der Waals surface area contributed by atoms with Gasteiger partial charge in [0.1, 0.15) is 12.2 Å². The number of pyridine rings is 1. The van der Waals surface area contributed by atoms with Crippen molar-refractivity contribution in [2.45, 2.75) is 18.9 Å². The lowest BCUT2D eigenvalue weighted by Crippen LogP contribution is -2.22. The highest BCUT2D eigenvalue weighted by Crippen LogP contribution is 2.38. The van der Waals surface area contributed by atoms with Gasteiger partial charge >= 0.3 is 5.97 Å². The van der Waals surface area contributed by atoms with Gasteiger partial charge in [-0.2, -0.15) is 0 Å². The van der Waals surface area contributed by atoms with Crippen LogP contribution in [0.25, 0.3) is 10.9 Å². The van der Waals surface area contributed by atoms with Gasteiger partial charge in [0.05, 0.1) is 19.2 Å². The van der Waals surface area contributed by atoms with Crippen molar-refractivity contribution in [2.75, 3.05) is 27.4 Å². The molecule has 0 spiro atoms. The summed E-state index contributed by atoms with van der Waals surface area (Å²) in [5.41, 5.74) is -0.102. The third-order valence-electron chi connectivity index (χ3n) is 3.99. The Morgan fingerprint density at radius 2 is 2.04 bits per heavy atom. The third-order valence-corrected chi connectivity index (χ3v) is 3.99. The number of carbonyl (C=O) groups excluding carboxylic acids is 1. The Kier molecular flexibility index (Phi) is 4.53. The van der Waals surface area contributed by atoms with Gasteiger partial charge in [0, 0.05) is 30.8 Å². The summed E-state index contributed by atoms with van der Waals surface area (Å²) in [6.45, 7) is 0.287. The lowest BCUT2D eigenvalue weighted by atomic mass is 10.1. The van der Waals surface area contributed by atoms with Crippen LogP contribution in [0.15, 0.2) is 23.1 Å². The van der Waals surface area contributed by atoms with Gasteiger partial charge in [-0.3, -0.25) is 4.79 Å². The Hall–Kier alpha value is -2.41. The first-order valence-electron chi connectivity index (χ1n) is 7.65. The van der Waals surface area contributed by atoms with Gasteiger partial charge in [-0.15, -0.1) is 0 Å². The lowest BCUT2D eigenvalue weighted by Gasteiger charge is -2.14. The molecule has 2 aromatic rings. The first-order valence-corrected chi connectivity index (χ1v) is 7.65. The van der Waals surface area contributed by atoms with Gasteiger partial charge in [0.15, 0.2) is 11.6 Å². The summed E-state index contributed by atoms with van der Waals surface area (Å²) in [6.07, 6.45) is 3.38. The number of benzene rings is 1. The molecule has 6 nitrogen and oxygen atoms in total. The molecule has 1 aliphatic rings. The summed E-state index contributed by atoms with van der Waals surface area (Å²) in [4.78, 5) is 24.8. The minimum Gasteiger partial charge on any atom is -0.494 e. The number of nitrogens with zero attached hydrogens (tertiary/aromatic N) is 1. The van der Waals surface area contributed by atoms with Crippen LogP contribution in [0.2, 0.25) is 0 Å². The molecular weight excluding hydrogens is 317 g/mol. The average Bonchev–Trinajstić information content (AvgIpc) is 3.40. The first kappa shape index (κ1) is 16.4. The van der Waals surface area contributed by atoms with Crippen molar-refractivity contribution < 1.29 is 23.4 Å². The van der Waals surface area contributed by atoms with Crippen molar-refractivity contribution >= 4 is 16.9 Å². The van der Waals surface area contributed by atoms with Crippen molar-refractivity contribution in [3.63, 3.8) is 0 Å². The molecule has 0 atom stereocenters. The van der Waals surface area contributed by atoms with Gasteiger partial charge in [-0.25, -0.2) is 9.18 Å². The van der Waals surface area contributed by atoms with E-state index in [9.17, 15) is 14.0 Å². The number of aromatic nitrogens is 1. The average molecular weight is 335 g/mol. The number of fused-ring (bicyclic) bond motifs is 1. The molecule has 0 radical (unpaired) electrons. The predicted octanol–water partition coefficient (Wildman–Crippen LogP) is 2.29. The topological polar surface area (TPSA) is 66.8 Å². The van der Waals surface area contributed by atoms with E-state index >= 15 is 0 Å². The number of halogens is 1. The zero-order chi connectivity index (χ0) is 17.3. The van der Waals surface area contributed by atoms with Crippen LogP contribution in [0, 0.1) is 5.82 Å². The van der Waals surface area contributed by atoms with Crippen molar-refractivity contribution in [2.24, 2.45) is 0 Å². The maximum atomic E-state index is 14.0. The second-order valence-electron chi connectivity index (χ2n) is 5.64. The lowest BCUT2D eigenvalue weighted by molar-refractivity contribution is 0.0386. The molecule has 0 unspecified atom stereocenters. The van der Waals surface area contributed by atoms with E-state index in [1.165, 1.54) is 26.5 Å². The highest BCUT2D eigenvalue weighted by Gasteiger charge is 2.28. The molecule has 1 aliphatic carbocycles. The molecule has 1 saturated carbocycles. The van der Waals surface area contributed by atoms with Crippen LogP contribution >= 0.6 is 0 Å². The van der Waals surface area contributed by atoms with Gasteiger partial charge < -0.3 is 18.8 Å². The fourth-order valence-corrected chi connectivity index (χ4v) is 2.60. The monoisotopic (exact) mass is 335 g/mol. The number of hydrogen-bond donors (Lipinski definition) is 0. The summed E-state index contributed by atoms with van der Waals surface area (Å²) in [7, 11) is 2.85. The SMILES string of the molecule is COCCOC(=O)c1cn(C2CC2)c2cc(OC)c(F)cc2c1=O. The fraction of sp³-hybridized carbons (Fsp3) is 0.412. The maximum absolute atomic E-state index is 14.0. The molecular formula is C17H18FNO5. The molecule has 128 valence electrons. The summed E-state index contributed by atoms with van der Waals surface area (Å²) in [5, 5.41) is 0.140. The Morgan fingerprint density at radius 3 is 2.67 bits per heavy atom. The van der Waals surface area contributed by atoms with Gasteiger partial charge in [-0.05, 0) is 18.9 Å². The zero-order valence-electron chi connectivity index (χ0n) is 13.5. The Morgan fingerprint density at radius 1 is 1.29 bits per heavy atom. The Balaban J connectivity index is 2.13.